The monoisotopic (exact) mass is 326 g/mol. The first-order chi connectivity index (χ1) is 10.1. The molecule has 4 nitrogen and oxygen atoms in total. The van der Waals surface area contributed by atoms with Crippen LogP contribution in [0.3, 0.4) is 0 Å². The molecular weight excluding hydrogens is 311 g/mol. The average molecular weight is 327 g/mol. The van der Waals surface area contributed by atoms with E-state index in [0.717, 1.165) is 0 Å². The molecule has 4 N–H and O–H groups in total. The van der Waals surface area contributed by atoms with Gasteiger partial charge in [-0.25, -0.2) is 0 Å². The van der Waals surface area contributed by atoms with Crippen LogP contribution in [0, 0.1) is 0 Å². The SMILES string of the molecule is CN.O=C(O)Cc1ccccc1Nc1c(Cl)cccc1Cl. The predicted octanol–water partition coefficient (Wildman–Crippen LogP) is 3.94. The van der Waals surface area contributed by atoms with Gasteiger partial charge in [0, 0.05) is 5.69 Å². The fraction of sp³-hybridized carbons (Fsp3) is 0.133. The zero-order valence-electron chi connectivity index (χ0n) is 11.4. The predicted molar refractivity (Wildman–Crippen MR) is 87.6 cm³/mol. The minimum Gasteiger partial charge on any atom is -0.481 e. The van der Waals surface area contributed by atoms with E-state index in [0.29, 0.717) is 27.0 Å². The molecule has 0 aliphatic heterocycles. The highest BCUT2D eigenvalue weighted by Crippen LogP contribution is 2.33. The van der Waals surface area contributed by atoms with Gasteiger partial charge in [-0.3, -0.25) is 4.79 Å². The van der Waals surface area contributed by atoms with E-state index in [9.17, 15) is 4.79 Å². The van der Waals surface area contributed by atoms with Gasteiger partial charge in [-0.15, -0.1) is 0 Å². The Morgan fingerprint density at radius 2 is 1.67 bits per heavy atom. The third-order valence-corrected chi connectivity index (χ3v) is 3.21. The van der Waals surface area contributed by atoms with Gasteiger partial charge < -0.3 is 16.2 Å². The highest BCUT2D eigenvalue weighted by Gasteiger charge is 2.10. The van der Waals surface area contributed by atoms with E-state index >= 15 is 0 Å². The quantitative estimate of drug-likeness (QED) is 0.795. The summed E-state index contributed by atoms with van der Waals surface area (Å²) in [6.45, 7) is 0. The molecule has 0 radical (unpaired) electrons. The van der Waals surface area contributed by atoms with Crippen molar-refractivity contribution < 1.29 is 9.90 Å². The number of carbonyl (C=O) groups is 1. The van der Waals surface area contributed by atoms with E-state index < -0.39 is 5.97 Å². The molecule has 0 aromatic heterocycles. The van der Waals surface area contributed by atoms with Gasteiger partial charge in [0.25, 0.3) is 0 Å². The second kappa shape index (κ2) is 8.52. The number of nitrogens with one attached hydrogen (secondary N) is 1. The van der Waals surface area contributed by atoms with Gasteiger partial charge >= 0.3 is 5.97 Å². The van der Waals surface area contributed by atoms with Crippen molar-refractivity contribution in [1.82, 2.24) is 0 Å². The Hall–Kier alpha value is -1.75. The van der Waals surface area contributed by atoms with Crippen molar-refractivity contribution in [3.8, 4) is 0 Å². The van der Waals surface area contributed by atoms with Crippen molar-refractivity contribution in [1.29, 1.82) is 0 Å². The number of hydrogen-bond donors (Lipinski definition) is 3. The zero-order chi connectivity index (χ0) is 15.8. The summed E-state index contributed by atoms with van der Waals surface area (Å²) in [6.07, 6.45) is -0.0642. The number of rotatable bonds is 4. The van der Waals surface area contributed by atoms with Crippen molar-refractivity contribution in [3.63, 3.8) is 0 Å². The highest BCUT2D eigenvalue weighted by molar-refractivity contribution is 6.39. The molecule has 2 aromatic rings. The Morgan fingerprint density at radius 1 is 1.10 bits per heavy atom. The molecule has 0 aliphatic rings. The second-order valence-corrected chi connectivity index (χ2v) is 4.76. The molecule has 112 valence electrons. The summed E-state index contributed by atoms with van der Waals surface area (Å²) in [5.74, 6) is -0.889. The lowest BCUT2D eigenvalue weighted by Crippen LogP contribution is -2.04. The van der Waals surface area contributed by atoms with E-state index in [1.54, 1.807) is 36.4 Å². The molecule has 0 atom stereocenters. The molecule has 0 saturated carbocycles. The van der Waals surface area contributed by atoms with E-state index in [1.807, 2.05) is 6.07 Å². The number of anilines is 2. The van der Waals surface area contributed by atoms with Gasteiger partial charge in [0.2, 0.25) is 0 Å². The third-order valence-electron chi connectivity index (χ3n) is 2.58. The molecule has 6 heteroatoms. The van der Waals surface area contributed by atoms with E-state index in [1.165, 1.54) is 7.05 Å². The van der Waals surface area contributed by atoms with Gasteiger partial charge in [-0.2, -0.15) is 0 Å². The third kappa shape index (κ3) is 4.93. The smallest absolute Gasteiger partial charge is 0.307 e. The number of halogens is 2. The number of hydrogen-bond acceptors (Lipinski definition) is 3. The van der Waals surface area contributed by atoms with Crippen molar-refractivity contribution >= 4 is 40.5 Å². The molecule has 0 spiro atoms. The van der Waals surface area contributed by atoms with Crippen LogP contribution in [0.25, 0.3) is 0 Å². The molecule has 0 saturated heterocycles. The number of carboxylic acids is 1. The Morgan fingerprint density at radius 3 is 2.24 bits per heavy atom. The topological polar surface area (TPSA) is 75.4 Å². The Labute approximate surface area is 133 Å². The maximum atomic E-state index is 10.8. The van der Waals surface area contributed by atoms with Crippen LogP contribution in [0.1, 0.15) is 5.56 Å². The summed E-state index contributed by atoms with van der Waals surface area (Å²) in [5.41, 5.74) is 6.43. The van der Waals surface area contributed by atoms with Gasteiger partial charge in [0.15, 0.2) is 0 Å². The van der Waals surface area contributed by atoms with Crippen molar-refractivity contribution in [2.45, 2.75) is 6.42 Å². The minimum absolute atomic E-state index is 0.0642. The lowest BCUT2D eigenvalue weighted by Gasteiger charge is -2.13. The van der Waals surface area contributed by atoms with Gasteiger partial charge in [0.05, 0.1) is 22.2 Å². The first-order valence-corrected chi connectivity index (χ1v) is 6.92. The molecule has 0 aliphatic carbocycles. The largest absolute Gasteiger partial charge is 0.481 e. The molecular formula is C15H16Cl2N2O2. The highest BCUT2D eigenvalue weighted by atomic mass is 35.5. The minimum atomic E-state index is -0.889. The number of aliphatic carboxylic acids is 1. The van der Waals surface area contributed by atoms with Crippen LogP contribution < -0.4 is 11.1 Å². The Balaban J connectivity index is 0.00000106. The number of nitrogens with two attached hydrogens (primary N) is 1. The maximum absolute atomic E-state index is 10.8. The summed E-state index contributed by atoms with van der Waals surface area (Å²) >= 11 is 12.1. The fourth-order valence-corrected chi connectivity index (χ4v) is 2.20. The summed E-state index contributed by atoms with van der Waals surface area (Å²) < 4.78 is 0. The van der Waals surface area contributed by atoms with Crippen LogP contribution in [0.5, 0.6) is 0 Å². The van der Waals surface area contributed by atoms with Crippen molar-refractivity contribution in [3.05, 3.63) is 58.1 Å². The van der Waals surface area contributed by atoms with E-state index in [2.05, 4.69) is 11.1 Å². The van der Waals surface area contributed by atoms with E-state index in [-0.39, 0.29) is 6.42 Å². The van der Waals surface area contributed by atoms with Crippen molar-refractivity contribution in [2.75, 3.05) is 12.4 Å². The molecule has 0 amide bonds. The van der Waals surface area contributed by atoms with Crippen LogP contribution in [-0.2, 0) is 11.2 Å². The summed E-state index contributed by atoms with van der Waals surface area (Å²) in [4.78, 5) is 10.8. The van der Waals surface area contributed by atoms with Crippen LogP contribution in [0.15, 0.2) is 42.5 Å². The average Bonchev–Trinajstić information content (AvgIpc) is 2.46. The van der Waals surface area contributed by atoms with Gasteiger partial charge in [-0.05, 0) is 30.8 Å². The molecule has 0 bridgehead atoms. The molecule has 0 unspecified atom stereocenters. The Kier molecular flexibility index (Phi) is 7.02. The first kappa shape index (κ1) is 17.3. The molecule has 0 fully saturated rings. The van der Waals surface area contributed by atoms with Gasteiger partial charge in [-0.1, -0.05) is 47.5 Å². The van der Waals surface area contributed by atoms with Crippen LogP contribution >= 0.6 is 23.2 Å². The van der Waals surface area contributed by atoms with E-state index in [4.69, 9.17) is 28.3 Å². The van der Waals surface area contributed by atoms with Crippen LogP contribution in [0.4, 0.5) is 11.4 Å². The lowest BCUT2D eigenvalue weighted by atomic mass is 10.1. The number of benzene rings is 2. The molecule has 21 heavy (non-hydrogen) atoms. The summed E-state index contributed by atoms with van der Waals surface area (Å²) in [6, 6.07) is 12.3. The first-order valence-electron chi connectivity index (χ1n) is 6.16. The zero-order valence-corrected chi connectivity index (χ0v) is 12.9. The normalized spacial score (nSPS) is 9.52. The lowest BCUT2D eigenvalue weighted by molar-refractivity contribution is -0.136. The number of para-hydroxylation sites is 2. The van der Waals surface area contributed by atoms with Gasteiger partial charge in [0.1, 0.15) is 0 Å². The molecule has 2 aromatic carbocycles. The standard InChI is InChI=1S/C14H11Cl2NO2.CH5N/c15-10-5-3-6-11(16)14(10)17-12-7-2-1-4-9(12)8-13(18)19;1-2/h1-7,17H,8H2,(H,18,19);2H2,1H3. The maximum Gasteiger partial charge on any atom is 0.307 e. The summed E-state index contributed by atoms with van der Waals surface area (Å²) in [5, 5.41) is 12.9. The second-order valence-electron chi connectivity index (χ2n) is 3.95. The van der Waals surface area contributed by atoms with Crippen molar-refractivity contribution in [2.24, 2.45) is 5.73 Å². The summed E-state index contributed by atoms with van der Waals surface area (Å²) in [7, 11) is 1.50. The van der Waals surface area contributed by atoms with Crippen LogP contribution in [-0.4, -0.2) is 18.1 Å². The van der Waals surface area contributed by atoms with Crippen LogP contribution in [0.2, 0.25) is 10.0 Å². The number of carboxylic acid groups (broad SMARTS) is 1. The molecule has 2 rings (SSSR count). The molecule has 0 heterocycles. The Bertz CT molecular complexity index is 598. The fourth-order valence-electron chi connectivity index (χ4n) is 1.71.